The van der Waals surface area contributed by atoms with Crippen molar-refractivity contribution in [2.75, 3.05) is 19.0 Å². The molecule has 0 bridgehead atoms. The van der Waals surface area contributed by atoms with E-state index in [9.17, 15) is 23.8 Å². The number of nitrogens with one attached hydrogen (secondary N) is 3. The van der Waals surface area contributed by atoms with Crippen LogP contribution in [0.15, 0.2) is 30.3 Å². The highest BCUT2D eigenvalue weighted by Gasteiger charge is 2.35. The number of carbonyl (C=O) groups is 1. The fourth-order valence-electron chi connectivity index (χ4n) is 3.32. The van der Waals surface area contributed by atoms with Crippen LogP contribution < -0.4 is 20.7 Å². The Bertz CT molecular complexity index is 892. The third-order valence-corrected chi connectivity index (χ3v) is 5.04. The fourth-order valence-corrected chi connectivity index (χ4v) is 3.44. The first-order valence-corrected chi connectivity index (χ1v) is 9.16. The molecular weight excluding hydrogens is 408 g/mol. The van der Waals surface area contributed by atoms with Crippen molar-refractivity contribution in [3.8, 4) is 11.5 Å². The molecule has 1 heterocycles. The zero-order valence-electron chi connectivity index (χ0n) is 15.4. The van der Waals surface area contributed by atoms with Gasteiger partial charge in [-0.15, -0.1) is 0 Å². The number of rotatable bonds is 4. The number of hydrogen-bond donors (Lipinski definition) is 5. The molecule has 1 fully saturated rings. The normalized spacial score (nSPS) is 21.5. The van der Waals surface area contributed by atoms with Gasteiger partial charge in [-0.3, -0.25) is 5.32 Å². The lowest BCUT2D eigenvalue weighted by Gasteiger charge is -2.36. The van der Waals surface area contributed by atoms with Crippen LogP contribution in [0.4, 0.5) is 19.3 Å². The van der Waals surface area contributed by atoms with E-state index in [0.29, 0.717) is 0 Å². The Morgan fingerprint density at radius 1 is 1.28 bits per heavy atom. The zero-order chi connectivity index (χ0) is 21.1. The zero-order valence-corrected chi connectivity index (χ0v) is 16.1. The van der Waals surface area contributed by atoms with Crippen LogP contribution in [0.3, 0.4) is 0 Å². The molecule has 3 rings (SSSR count). The number of ether oxygens (including phenoxy) is 1. The minimum absolute atomic E-state index is 0.00709. The van der Waals surface area contributed by atoms with Gasteiger partial charge in [0, 0.05) is 41.9 Å². The van der Waals surface area contributed by atoms with Crippen LogP contribution in [0, 0.1) is 11.6 Å². The number of urea groups is 1. The summed E-state index contributed by atoms with van der Waals surface area (Å²) in [5, 5.41) is 27.6. The number of aliphatic hydroxyl groups is 1. The number of anilines is 1. The average molecular weight is 428 g/mol. The first kappa shape index (κ1) is 21.1. The standard InChI is InChI=1S/C19H20ClF2N3O4/c1-29-10-5-13(21)18(14(22)6-10)11-7-17(27)23-8-15(11)25-19(28)24-9-2-3-12(20)16(26)4-9/h2-6,11,15,17,23,26-27H,7-8H2,1H3,(H2,24,25,28)/t11-,15-,17?/m1/s1. The second-order valence-corrected chi connectivity index (χ2v) is 7.05. The molecule has 2 amide bonds. The molecule has 29 heavy (non-hydrogen) atoms. The van der Waals surface area contributed by atoms with E-state index >= 15 is 0 Å². The van der Waals surface area contributed by atoms with Crippen LogP contribution in [-0.2, 0) is 0 Å². The number of phenolic OH excluding ortho intramolecular Hbond substituents is 1. The van der Waals surface area contributed by atoms with Crippen molar-refractivity contribution >= 4 is 23.3 Å². The van der Waals surface area contributed by atoms with Gasteiger partial charge in [0.1, 0.15) is 29.4 Å². The second-order valence-electron chi connectivity index (χ2n) is 6.64. The third kappa shape index (κ3) is 4.87. The fraction of sp³-hybridized carbons (Fsp3) is 0.316. The highest BCUT2D eigenvalue weighted by atomic mass is 35.5. The smallest absolute Gasteiger partial charge is 0.319 e. The second kappa shape index (κ2) is 8.81. The summed E-state index contributed by atoms with van der Waals surface area (Å²) in [5.41, 5.74) is 0.0485. The molecule has 0 aromatic heterocycles. The van der Waals surface area contributed by atoms with E-state index in [1.807, 2.05) is 0 Å². The third-order valence-electron chi connectivity index (χ3n) is 4.72. The number of aliphatic hydroxyl groups excluding tert-OH is 1. The van der Waals surface area contributed by atoms with Crippen molar-refractivity contribution < 1.29 is 28.5 Å². The maximum absolute atomic E-state index is 14.6. The maximum atomic E-state index is 14.6. The number of hydrogen-bond acceptors (Lipinski definition) is 5. The Hall–Kier alpha value is -2.62. The van der Waals surface area contributed by atoms with Gasteiger partial charge in [0.25, 0.3) is 0 Å². The number of halogens is 3. The molecule has 10 heteroatoms. The van der Waals surface area contributed by atoms with Crippen LogP contribution >= 0.6 is 11.6 Å². The molecule has 2 aromatic carbocycles. The number of carbonyl (C=O) groups excluding carboxylic acids is 1. The van der Waals surface area contributed by atoms with E-state index in [-0.39, 0.29) is 40.7 Å². The lowest BCUT2D eigenvalue weighted by atomic mass is 9.84. The van der Waals surface area contributed by atoms with Gasteiger partial charge < -0.3 is 25.6 Å². The van der Waals surface area contributed by atoms with Crippen LogP contribution in [0.1, 0.15) is 17.9 Å². The molecule has 1 saturated heterocycles. The van der Waals surface area contributed by atoms with E-state index < -0.39 is 35.9 Å². The molecule has 1 aliphatic heterocycles. The van der Waals surface area contributed by atoms with Crippen molar-refractivity contribution in [1.82, 2.24) is 10.6 Å². The highest BCUT2D eigenvalue weighted by Crippen LogP contribution is 2.34. The number of methoxy groups -OCH3 is 1. The largest absolute Gasteiger partial charge is 0.506 e. The van der Waals surface area contributed by atoms with Crippen LogP contribution in [-0.4, -0.2) is 42.2 Å². The number of benzene rings is 2. The van der Waals surface area contributed by atoms with Crippen molar-refractivity contribution in [3.63, 3.8) is 0 Å². The van der Waals surface area contributed by atoms with E-state index in [0.717, 1.165) is 12.1 Å². The summed E-state index contributed by atoms with van der Waals surface area (Å²) >= 11 is 5.73. The summed E-state index contributed by atoms with van der Waals surface area (Å²) in [7, 11) is 1.30. The molecule has 7 nitrogen and oxygen atoms in total. The molecule has 3 atom stereocenters. The van der Waals surface area contributed by atoms with E-state index in [4.69, 9.17) is 16.3 Å². The SMILES string of the molecule is COc1cc(F)c([C@@H]2CC(O)NC[C@H]2NC(=O)Nc2ccc(Cl)c(O)c2)c(F)c1. The Morgan fingerprint density at radius 2 is 1.97 bits per heavy atom. The van der Waals surface area contributed by atoms with Crippen molar-refractivity contribution in [2.45, 2.75) is 24.6 Å². The molecule has 0 radical (unpaired) electrons. The topological polar surface area (TPSA) is 103 Å². The minimum atomic E-state index is -0.977. The molecule has 1 aliphatic rings. The van der Waals surface area contributed by atoms with Gasteiger partial charge in [-0.1, -0.05) is 11.6 Å². The summed E-state index contributed by atoms with van der Waals surface area (Å²) in [6, 6.07) is 4.93. The summed E-state index contributed by atoms with van der Waals surface area (Å²) in [5.74, 6) is -2.64. The van der Waals surface area contributed by atoms with Gasteiger partial charge in [0.2, 0.25) is 0 Å². The maximum Gasteiger partial charge on any atom is 0.319 e. The van der Waals surface area contributed by atoms with Crippen molar-refractivity contribution in [1.29, 1.82) is 0 Å². The van der Waals surface area contributed by atoms with Gasteiger partial charge in [-0.2, -0.15) is 0 Å². The first-order chi connectivity index (χ1) is 13.8. The Balaban J connectivity index is 1.79. The molecule has 0 saturated carbocycles. The molecule has 156 valence electrons. The van der Waals surface area contributed by atoms with Crippen LogP contribution in [0.25, 0.3) is 0 Å². The van der Waals surface area contributed by atoms with E-state index in [1.54, 1.807) is 0 Å². The monoisotopic (exact) mass is 427 g/mol. The quantitative estimate of drug-likeness (QED) is 0.516. The summed E-state index contributed by atoms with van der Waals surface area (Å²) in [6.45, 7) is 0.0933. The number of phenols is 1. The van der Waals surface area contributed by atoms with Gasteiger partial charge in [0.15, 0.2) is 0 Å². The summed E-state index contributed by atoms with van der Waals surface area (Å²) < 4.78 is 34.0. The predicted molar refractivity (Wildman–Crippen MR) is 103 cm³/mol. The Kier molecular flexibility index (Phi) is 6.41. The molecule has 0 spiro atoms. The number of amides is 2. The lowest BCUT2D eigenvalue weighted by Crippen LogP contribution is -2.54. The van der Waals surface area contributed by atoms with Crippen LogP contribution in [0.2, 0.25) is 5.02 Å². The molecule has 5 N–H and O–H groups in total. The van der Waals surface area contributed by atoms with E-state index in [1.165, 1.54) is 25.3 Å². The highest BCUT2D eigenvalue weighted by molar-refractivity contribution is 6.32. The summed E-state index contributed by atoms with van der Waals surface area (Å²) in [4.78, 5) is 12.4. The molecular formula is C19H20ClF2N3O4. The van der Waals surface area contributed by atoms with Crippen molar-refractivity contribution in [3.05, 3.63) is 52.6 Å². The van der Waals surface area contributed by atoms with Gasteiger partial charge in [-0.05, 0) is 18.6 Å². The number of aromatic hydroxyl groups is 1. The first-order valence-electron chi connectivity index (χ1n) is 8.79. The van der Waals surface area contributed by atoms with E-state index in [2.05, 4.69) is 16.0 Å². The van der Waals surface area contributed by atoms with Gasteiger partial charge in [-0.25, -0.2) is 13.6 Å². The Morgan fingerprint density at radius 3 is 2.59 bits per heavy atom. The van der Waals surface area contributed by atoms with Crippen molar-refractivity contribution in [2.24, 2.45) is 0 Å². The number of piperidine rings is 1. The predicted octanol–water partition coefficient (Wildman–Crippen LogP) is 2.92. The lowest BCUT2D eigenvalue weighted by molar-refractivity contribution is 0.0841. The average Bonchev–Trinajstić information content (AvgIpc) is 2.66. The molecule has 2 aromatic rings. The van der Waals surface area contributed by atoms with Gasteiger partial charge >= 0.3 is 6.03 Å². The molecule has 0 aliphatic carbocycles. The van der Waals surface area contributed by atoms with Gasteiger partial charge in [0.05, 0.1) is 18.2 Å². The molecule has 1 unspecified atom stereocenters. The minimum Gasteiger partial charge on any atom is -0.506 e. The summed E-state index contributed by atoms with van der Waals surface area (Å²) in [6.07, 6.45) is -0.984. The Labute approximate surface area is 170 Å². The van der Waals surface area contributed by atoms with Crippen LogP contribution in [0.5, 0.6) is 11.5 Å².